The molecule has 0 aliphatic carbocycles. The minimum atomic E-state index is -2.98. The standard InChI is InChI=1S/C16H30N11P3/c1-24(17)29(25(2)18)21-28(15-11-7-5-8-12-15,16-13-9-6-10-14-16)22-30(23-29,26(3)19)27(4)20/h5-14H,17-20H2,1-4H3. The lowest BCUT2D eigenvalue weighted by Crippen LogP contribution is -2.39. The molecule has 0 atom stereocenters. The Bertz CT molecular complexity index is 962. The maximum Gasteiger partial charge on any atom is 0.245 e. The first-order valence-corrected chi connectivity index (χ1v) is 14.0. The third-order valence-electron chi connectivity index (χ3n) is 4.66. The molecule has 11 nitrogen and oxygen atoms in total. The number of rotatable bonds is 6. The summed E-state index contributed by atoms with van der Waals surface area (Å²) >= 11 is 0. The molecule has 1 aliphatic rings. The van der Waals surface area contributed by atoms with Crippen LogP contribution in [0.25, 0.3) is 0 Å². The smallest absolute Gasteiger partial charge is 0.245 e. The van der Waals surface area contributed by atoms with E-state index in [1.165, 1.54) is 19.1 Å². The van der Waals surface area contributed by atoms with Crippen molar-refractivity contribution < 1.29 is 0 Å². The average Bonchev–Trinajstić information content (AvgIpc) is 2.73. The van der Waals surface area contributed by atoms with Crippen molar-refractivity contribution in [1.29, 1.82) is 0 Å². The van der Waals surface area contributed by atoms with Gasteiger partial charge in [-0.1, -0.05) is 60.7 Å². The van der Waals surface area contributed by atoms with Crippen LogP contribution in [-0.2, 0) is 0 Å². The van der Waals surface area contributed by atoms with E-state index in [1.807, 2.05) is 60.7 Å². The van der Waals surface area contributed by atoms with Crippen LogP contribution in [0.3, 0.4) is 0 Å². The highest BCUT2D eigenvalue weighted by Gasteiger charge is 2.44. The number of nitrogens with zero attached hydrogens (tertiary/aromatic N) is 7. The van der Waals surface area contributed by atoms with Gasteiger partial charge in [-0.25, -0.2) is 9.03 Å². The van der Waals surface area contributed by atoms with Crippen molar-refractivity contribution in [2.75, 3.05) is 28.2 Å². The van der Waals surface area contributed by atoms with Crippen LogP contribution in [0.5, 0.6) is 0 Å². The molecule has 2 aromatic rings. The molecule has 0 fully saturated rings. The molecule has 0 amide bonds. The van der Waals surface area contributed by atoms with E-state index in [1.54, 1.807) is 28.2 Å². The molecule has 0 aromatic heterocycles. The first kappa shape index (κ1) is 23.5. The van der Waals surface area contributed by atoms with Crippen LogP contribution in [0.4, 0.5) is 0 Å². The third-order valence-corrected chi connectivity index (χ3v) is 16.0. The normalized spacial score (nSPS) is 19.5. The van der Waals surface area contributed by atoms with Gasteiger partial charge in [0.05, 0.1) is 0 Å². The summed E-state index contributed by atoms with van der Waals surface area (Å²) in [5.74, 6) is 25.4. The van der Waals surface area contributed by atoms with E-state index >= 15 is 0 Å². The molecular weight excluding hydrogens is 439 g/mol. The highest BCUT2D eigenvalue weighted by atomic mass is 31.3. The molecule has 30 heavy (non-hydrogen) atoms. The van der Waals surface area contributed by atoms with Gasteiger partial charge >= 0.3 is 0 Å². The SMILES string of the molecule is CN(N)P1(N(C)N)=NP(c2ccccc2)(c2ccccc2)=NP(N(C)N)(N(C)N)=N1. The maximum atomic E-state index is 6.35. The van der Waals surface area contributed by atoms with Crippen LogP contribution < -0.4 is 34.0 Å². The molecule has 0 saturated carbocycles. The van der Waals surface area contributed by atoms with Crippen molar-refractivity contribution in [2.24, 2.45) is 36.9 Å². The number of hydrazine groups is 4. The zero-order valence-electron chi connectivity index (χ0n) is 17.6. The van der Waals surface area contributed by atoms with Crippen LogP contribution in [-0.4, -0.2) is 47.3 Å². The second-order valence-electron chi connectivity index (χ2n) is 6.91. The van der Waals surface area contributed by atoms with Crippen molar-refractivity contribution in [2.45, 2.75) is 0 Å². The van der Waals surface area contributed by atoms with Crippen molar-refractivity contribution in [3.63, 3.8) is 0 Å². The van der Waals surface area contributed by atoms with Gasteiger partial charge < -0.3 is 0 Å². The number of benzene rings is 2. The Morgan fingerprint density at radius 2 is 0.867 bits per heavy atom. The fourth-order valence-electron chi connectivity index (χ4n) is 3.14. The van der Waals surface area contributed by atoms with Crippen LogP contribution in [0.2, 0.25) is 0 Å². The predicted molar refractivity (Wildman–Crippen MR) is 128 cm³/mol. The molecule has 3 rings (SSSR count). The summed E-state index contributed by atoms with van der Waals surface area (Å²) < 4.78 is 21.5. The summed E-state index contributed by atoms with van der Waals surface area (Å²) in [6, 6.07) is 19.8. The first-order valence-electron chi connectivity index (χ1n) is 9.09. The van der Waals surface area contributed by atoms with E-state index in [2.05, 4.69) is 0 Å². The minimum Gasteiger partial charge on any atom is -0.262 e. The number of hydrogen-bond acceptors (Lipinski definition) is 11. The van der Waals surface area contributed by atoms with Gasteiger partial charge in [0.25, 0.3) is 0 Å². The maximum absolute atomic E-state index is 6.35. The Morgan fingerprint density at radius 1 is 0.533 bits per heavy atom. The van der Waals surface area contributed by atoms with Gasteiger partial charge in [0.15, 0.2) is 0 Å². The minimum absolute atomic E-state index is 0.951. The highest BCUT2D eigenvalue weighted by molar-refractivity contribution is 7.91. The van der Waals surface area contributed by atoms with Crippen molar-refractivity contribution >= 4 is 32.8 Å². The Balaban J connectivity index is 2.64. The summed E-state index contributed by atoms with van der Waals surface area (Å²) in [4.78, 5) is 0. The van der Waals surface area contributed by atoms with E-state index < -0.39 is 22.2 Å². The summed E-state index contributed by atoms with van der Waals surface area (Å²) in [6.45, 7) is 0. The molecule has 8 N–H and O–H groups in total. The van der Waals surface area contributed by atoms with Gasteiger partial charge in [0.2, 0.25) is 15.0 Å². The van der Waals surface area contributed by atoms with E-state index in [9.17, 15) is 0 Å². The molecule has 0 unspecified atom stereocenters. The second kappa shape index (κ2) is 8.74. The summed E-state index contributed by atoms with van der Waals surface area (Å²) in [5.41, 5.74) is 0. The van der Waals surface area contributed by atoms with Crippen molar-refractivity contribution in [1.82, 2.24) is 19.1 Å². The Hall–Kier alpha value is -1.19. The molecule has 1 aliphatic heterocycles. The second-order valence-corrected chi connectivity index (χ2v) is 16.0. The van der Waals surface area contributed by atoms with E-state index in [0.717, 1.165) is 10.6 Å². The molecular formula is C16H30N11P3. The molecule has 0 radical (unpaired) electrons. The topological polar surface area (TPSA) is 154 Å². The zero-order chi connectivity index (χ0) is 22.2. The number of hydrogen-bond donors (Lipinski definition) is 4. The van der Waals surface area contributed by atoms with Gasteiger partial charge in [0.1, 0.15) is 7.21 Å². The zero-order valence-corrected chi connectivity index (χ0v) is 20.2. The summed E-state index contributed by atoms with van der Waals surface area (Å²) in [6.07, 6.45) is 0. The Morgan fingerprint density at radius 3 is 1.20 bits per heavy atom. The lowest BCUT2D eigenvalue weighted by molar-refractivity contribution is 0.467. The van der Waals surface area contributed by atoms with Crippen LogP contribution in [0, 0.1) is 0 Å². The average molecular weight is 469 g/mol. The largest absolute Gasteiger partial charge is 0.262 e. The summed E-state index contributed by atoms with van der Waals surface area (Å²) in [5, 5.41) is 1.90. The highest BCUT2D eigenvalue weighted by Crippen LogP contribution is 2.78. The van der Waals surface area contributed by atoms with Crippen LogP contribution >= 0.6 is 22.2 Å². The fourth-order valence-corrected chi connectivity index (χ4v) is 16.7. The quantitative estimate of drug-likeness (QED) is 0.284. The van der Waals surface area contributed by atoms with E-state index in [-0.39, 0.29) is 0 Å². The molecule has 1 heterocycles. The molecule has 0 saturated heterocycles. The Labute approximate surface area is 178 Å². The van der Waals surface area contributed by atoms with Crippen molar-refractivity contribution in [3.8, 4) is 0 Å². The van der Waals surface area contributed by atoms with Gasteiger partial charge in [-0.15, -0.1) is 0 Å². The monoisotopic (exact) mass is 469 g/mol. The molecule has 2 aromatic carbocycles. The van der Waals surface area contributed by atoms with Crippen molar-refractivity contribution in [3.05, 3.63) is 60.7 Å². The van der Waals surface area contributed by atoms with Crippen LogP contribution in [0.15, 0.2) is 74.2 Å². The molecule has 14 heteroatoms. The van der Waals surface area contributed by atoms with E-state index in [0.29, 0.717) is 0 Å². The van der Waals surface area contributed by atoms with Gasteiger partial charge in [-0.3, -0.25) is 23.4 Å². The fraction of sp³-hybridized carbons (Fsp3) is 0.250. The van der Waals surface area contributed by atoms with E-state index in [4.69, 9.17) is 36.9 Å². The lowest BCUT2D eigenvalue weighted by atomic mass is 10.4. The predicted octanol–water partition coefficient (Wildman–Crippen LogP) is 1.88. The van der Waals surface area contributed by atoms with Crippen LogP contribution in [0.1, 0.15) is 0 Å². The molecule has 0 bridgehead atoms. The first-order chi connectivity index (χ1) is 14.1. The summed E-state index contributed by atoms with van der Waals surface area (Å²) in [7, 11) is -1.91. The number of nitrogens with two attached hydrogens (primary N) is 4. The van der Waals surface area contributed by atoms with Gasteiger partial charge in [-0.2, -0.15) is 23.6 Å². The third kappa shape index (κ3) is 3.77. The Kier molecular flexibility index (Phi) is 6.84. The van der Waals surface area contributed by atoms with Gasteiger partial charge in [-0.05, 0) is 0 Å². The molecule has 0 spiro atoms. The lowest BCUT2D eigenvalue weighted by Gasteiger charge is -2.43. The molecule has 164 valence electrons. The van der Waals surface area contributed by atoms with Gasteiger partial charge in [0, 0.05) is 38.8 Å².